The molecule has 0 aliphatic rings. The summed E-state index contributed by atoms with van der Waals surface area (Å²) in [4.78, 5) is 10.4. The van der Waals surface area contributed by atoms with E-state index in [0.29, 0.717) is 0 Å². The van der Waals surface area contributed by atoms with Gasteiger partial charge in [0.15, 0.2) is 0 Å². The number of benzene rings is 1. The average Bonchev–Trinajstić information content (AvgIpc) is 2.39. The average molecular weight is 385 g/mol. The molecule has 0 bridgehead atoms. The number of aryl methyl sites for hydroxylation is 1. The van der Waals surface area contributed by atoms with Crippen LogP contribution in [0.2, 0.25) is 8.87 Å². The SMILES string of the molecule is CCC[CH2][Sn][CH2]CCC.Cc1ccc(C(=O)O)c(O)c1. The number of rotatable bonds is 7. The second kappa shape index (κ2) is 12.1. The normalized spacial score (nSPS) is 9.75. The van der Waals surface area contributed by atoms with Gasteiger partial charge in [-0.3, -0.25) is 0 Å². The number of carbonyl (C=O) groups is 1. The second-order valence-corrected chi connectivity index (χ2v) is 9.06. The summed E-state index contributed by atoms with van der Waals surface area (Å²) >= 11 is 0.149. The third kappa shape index (κ3) is 9.23. The van der Waals surface area contributed by atoms with Crippen molar-refractivity contribution in [1.82, 2.24) is 0 Å². The number of hydrogen-bond donors (Lipinski definition) is 2. The van der Waals surface area contributed by atoms with Gasteiger partial charge in [0.2, 0.25) is 0 Å². The summed E-state index contributed by atoms with van der Waals surface area (Å²) < 4.78 is 3.25. The molecule has 3 nitrogen and oxygen atoms in total. The van der Waals surface area contributed by atoms with Crippen molar-refractivity contribution >= 4 is 27.1 Å². The summed E-state index contributed by atoms with van der Waals surface area (Å²) in [6.45, 7) is 6.36. The molecule has 2 N–H and O–H groups in total. The van der Waals surface area contributed by atoms with Gasteiger partial charge in [-0.1, -0.05) is 6.07 Å². The van der Waals surface area contributed by atoms with E-state index in [1.165, 1.54) is 37.8 Å². The van der Waals surface area contributed by atoms with Crippen molar-refractivity contribution in [1.29, 1.82) is 0 Å². The quantitative estimate of drug-likeness (QED) is 0.536. The molecule has 0 atom stereocenters. The van der Waals surface area contributed by atoms with Gasteiger partial charge < -0.3 is 10.2 Å². The van der Waals surface area contributed by atoms with Crippen LogP contribution in [0.15, 0.2) is 18.2 Å². The predicted molar refractivity (Wildman–Crippen MR) is 85.0 cm³/mol. The van der Waals surface area contributed by atoms with E-state index in [0.717, 1.165) is 5.56 Å². The van der Waals surface area contributed by atoms with Crippen molar-refractivity contribution in [3.8, 4) is 5.75 Å². The Morgan fingerprint density at radius 3 is 2.10 bits per heavy atom. The van der Waals surface area contributed by atoms with Gasteiger partial charge in [-0.2, -0.15) is 0 Å². The number of aromatic hydroxyl groups is 1. The summed E-state index contributed by atoms with van der Waals surface area (Å²) in [5, 5.41) is 17.6. The molecule has 1 rings (SSSR count). The van der Waals surface area contributed by atoms with Crippen molar-refractivity contribution in [2.45, 2.75) is 55.3 Å². The Kier molecular flexibility index (Phi) is 11.6. The Labute approximate surface area is 132 Å². The Balaban J connectivity index is 0.000000370. The zero-order valence-electron chi connectivity index (χ0n) is 12.8. The largest absolute Gasteiger partial charge is 0.507 e. The molecular formula is C16H26O3Sn. The van der Waals surface area contributed by atoms with E-state index >= 15 is 0 Å². The van der Waals surface area contributed by atoms with Crippen LogP contribution in [0.5, 0.6) is 5.75 Å². The van der Waals surface area contributed by atoms with E-state index in [1.807, 2.05) is 0 Å². The van der Waals surface area contributed by atoms with E-state index in [4.69, 9.17) is 10.2 Å². The fraction of sp³-hybridized carbons (Fsp3) is 0.562. The maximum atomic E-state index is 10.4. The number of carboxylic acids is 1. The Morgan fingerprint density at radius 1 is 1.15 bits per heavy atom. The molecule has 1 aromatic carbocycles. The minimum absolute atomic E-state index is 0.0596. The van der Waals surface area contributed by atoms with Crippen LogP contribution in [0.25, 0.3) is 0 Å². The molecule has 2 radical (unpaired) electrons. The molecule has 0 heterocycles. The molecule has 0 amide bonds. The van der Waals surface area contributed by atoms with Crippen LogP contribution in [-0.2, 0) is 0 Å². The second-order valence-electron chi connectivity index (χ2n) is 4.78. The number of hydrogen-bond acceptors (Lipinski definition) is 2. The van der Waals surface area contributed by atoms with Gasteiger partial charge in [-0.05, 0) is 24.6 Å². The molecular weight excluding hydrogens is 359 g/mol. The van der Waals surface area contributed by atoms with Gasteiger partial charge in [0, 0.05) is 0 Å². The third-order valence-electron chi connectivity index (χ3n) is 2.80. The Hall–Kier alpha value is -0.711. The van der Waals surface area contributed by atoms with Crippen LogP contribution in [0.4, 0.5) is 0 Å². The van der Waals surface area contributed by atoms with E-state index in [1.54, 1.807) is 21.9 Å². The Bertz CT molecular complexity index is 385. The van der Waals surface area contributed by atoms with Gasteiger partial charge in [0.25, 0.3) is 0 Å². The van der Waals surface area contributed by atoms with Crippen LogP contribution < -0.4 is 0 Å². The zero-order valence-corrected chi connectivity index (χ0v) is 15.6. The molecule has 0 aliphatic heterocycles. The van der Waals surface area contributed by atoms with Crippen LogP contribution in [0, 0.1) is 6.92 Å². The van der Waals surface area contributed by atoms with E-state index < -0.39 is 5.97 Å². The number of carboxylic acid groups (broad SMARTS) is 1. The molecule has 0 saturated carbocycles. The topological polar surface area (TPSA) is 57.5 Å². The first kappa shape index (κ1) is 19.3. The molecule has 0 spiro atoms. The van der Waals surface area contributed by atoms with Crippen molar-refractivity contribution in [3.05, 3.63) is 29.3 Å². The molecule has 0 fully saturated rings. The van der Waals surface area contributed by atoms with Gasteiger partial charge in [0.1, 0.15) is 11.3 Å². The van der Waals surface area contributed by atoms with Crippen LogP contribution in [0.3, 0.4) is 0 Å². The smallest absolute Gasteiger partial charge is 0.339 e. The maximum Gasteiger partial charge on any atom is 0.339 e. The number of unbranched alkanes of at least 4 members (excludes halogenated alkanes) is 2. The summed E-state index contributed by atoms with van der Waals surface area (Å²) in [6, 6.07) is 4.44. The minimum atomic E-state index is -1.11. The first-order chi connectivity index (χ1) is 9.52. The third-order valence-corrected chi connectivity index (χ3v) is 6.83. The summed E-state index contributed by atoms with van der Waals surface area (Å²) in [5.74, 6) is -1.29. The van der Waals surface area contributed by atoms with Gasteiger partial charge in [0.05, 0.1) is 0 Å². The fourth-order valence-corrected chi connectivity index (χ4v) is 5.71. The zero-order chi connectivity index (χ0) is 15.4. The summed E-state index contributed by atoms with van der Waals surface area (Å²) in [6.07, 6.45) is 5.84. The molecule has 20 heavy (non-hydrogen) atoms. The van der Waals surface area contributed by atoms with E-state index in [9.17, 15) is 4.79 Å². The molecule has 0 saturated heterocycles. The van der Waals surface area contributed by atoms with Crippen LogP contribution in [0.1, 0.15) is 55.5 Å². The fourth-order valence-electron chi connectivity index (χ4n) is 1.55. The molecule has 112 valence electrons. The van der Waals surface area contributed by atoms with Crippen molar-refractivity contribution < 1.29 is 15.0 Å². The van der Waals surface area contributed by atoms with Gasteiger partial charge in [-0.25, -0.2) is 4.79 Å². The minimum Gasteiger partial charge on any atom is -0.507 e. The number of aromatic carboxylic acids is 1. The first-order valence-electron chi connectivity index (χ1n) is 7.26. The van der Waals surface area contributed by atoms with Gasteiger partial charge in [-0.15, -0.1) is 0 Å². The van der Waals surface area contributed by atoms with Crippen LogP contribution in [-0.4, -0.2) is 37.3 Å². The molecule has 0 aromatic heterocycles. The van der Waals surface area contributed by atoms with Crippen molar-refractivity contribution in [3.63, 3.8) is 0 Å². The molecule has 0 aliphatic carbocycles. The summed E-state index contributed by atoms with van der Waals surface area (Å²) in [7, 11) is 0. The van der Waals surface area contributed by atoms with E-state index in [-0.39, 0.29) is 32.5 Å². The first-order valence-corrected chi connectivity index (χ1v) is 11.3. The standard InChI is InChI=1S/C8H8O3.2C4H9.Sn/c1-5-2-3-6(8(10)11)7(9)4-5;2*1-3-4-2;/h2-4,9H,1H3,(H,10,11);2*1,3-4H2,2H3;. The molecule has 1 aromatic rings. The molecule has 0 unspecified atom stereocenters. The predicted octanol–water partition coefficient (Wildman–Crippen LogP) is 4.53. The van der Waals surface area contributed by atoms with Gasteiger partial charge >= 0.3 is 75.5 Å². The maximum absolute atomic E-state index is 10.4. The summed E-state index contributed by atoms with van der Waals surface area (Å²) in [5.41, 5.74) is 0.781. The monoisotopic (exact) mass is 386 g/mol. The van der Waals surface area contributed by atoms with Crippen molar-refractivity contribution in [2.24, 2.45) is 0 Å². The molecule has 4 heteroatoms. The van der Waals surface area contributed by atoms with E-state index in [2.05, 4.69) is 13.8 Å². The Morgan fingerprint density at radius 2 is 1.70 bits per heavy atom. The van der Waals surface area contributed by atoms with Crippen molar-refractivity contribution in [2.75, 3.05) is 0 Å². The van der Waals surface area contributed by atoms with Crippen LogP contribution >= 0.6 is 0 Å². The number of phenols is 1.